The van der Waals surface area contributed by atoms with Crippen LogP contribution < -0.4 is 0 Å². The normalized spacial score (nSPS) is 54.0. The molecule has 0 aromatic rings. The van der Waals surface area contributed by atoms with E-state index in [0.717, 1.165) is 0 Å². The van der Waals surface area contributed by atoms with Crippen LogP contribution >= 0.6 is 27.8 Å². The molecule has 0 bridgehead atoms. The standard InChI is InChI=1S/CH2ClFP2/c2-1-4-5(1)3/h1,4H. The van der Waals surface area contributed by atoms with E-state index in [1.807, 2.05) is 0 Å². The molecule has 0 N–H and O–H groups in total. The summed E-state index contributed by atoms with van der Waals surface area (Å²) in [4.78, 5) is -0.0509. The molecule has 0 saturated carbocycles. The Morgan fingerprint density at radius 1 is 2.00 bits per heavy atom. The minimum absolute atomic E-state index is 0.0509. The Kier molecular flexibility index (Phi) is 1.10. The average Bonchev–Trinajstić information content (AvgIpc) is 1.79. The zero-order valence-corrected chi connectivity index (χ0v) is 4.93. The van der Waals surface area contributed by atoms with Crippen molar-refractivity contribution in [2.24, 2.45) is 0 Å². The van der Waals surface area contributed by atoms with Gasteiger partial charge >= 0.3 is 0 Å². The quantitative estimate of drug-likeness (QED) is 0.349. The van der Waals surface area contributed by atoms with Crippen molar-refractivity contribution in [2.45, 2.75) is 4.86 Å². The van der Waals surface area contributed by atoms with Crippen LogP contribution in [0, 0.1) is 0 Å². The summed E-state index contributed by atoms with van der Waals surface area (Å²) in [6, 6.07) is 0. The molecule has 1 saturated heterocycles. The van der Waals surface area contributed by atoms with E-state index in [9.17, 15) is 4.20 Å². The lowest BCUT2D eigenvalue weighted by Gasteiger charge is -1.59. The van der Waals surface area contributed by atoms with E-state index < -0.39 is 7.92 Å². The predicted molar refractivity (Wildman–Crippen MR) is 26.0 cm³/mol. The number of hydrogen-bond donors (Lipinski definition) is 0. The van der Waals surface area contributed by atoms with Gasteiger partial charge < -0.3 is 0 Å². The molecule has 0 aromatic heterocycles. The molecule has 1 aliphatic rings. The van der Waals surface area contributed by atoms with Gasteiger partial charge in [0, 0.05) is 0 Å². The van der Waals surface area contributed by atoms with E-state index in [0.29, 0.717) is 8.27 Å². The molecular formula is CH2ClFP2. The fourth-order valence-corrected chi connectivity index (χ4v) is 1.85. The highest BCUT2D eigenvalue weighted by Crippen LogP contribution is 2.85. The van der Waals surface area contributed by atoms with Crippen molar-refractivity contribution in [1.82, 2.24) is 0 Å². The lowest BCUT2D eigenvalue weighted by Crippen LogP contribution is -1.38. The molecule has 5 heavy (non-hydrogen) atoms. The van der Waals surface area contributed by atoms with Crippen molar-refractivity contribution >= 4 is 27.8 Å². The van der Waals surface area contributed by atoms with Gasteiger partial charge in [-0.15, -0.1) is 11.6 Å². The molecule has 4 heteroatoms. The number of halogens is 2. The molecule has 0 aromatic carbocycles. The van der Waals surface area contributed by atoms with Crippen molar-refractivity contribution in [3.05, 3.63) is 0 Å². The predicted octanol–water partition coefficient (Wildman–Crippen LogP) is 2.48. The van der Waals surface area contributed by atoms with Crippen molar-refractivity contribution in [3.63, 3.8) is 0 Å². The topological polar surface area (TPSA) is 0 Å². The molecule has 1 rings (SSSR count). The molecule has 30 valence electrons. The maximum Gasteiger partial charge on any atom is 0.126 e. The van der Waals surface area contributed by atoms with Gasteiger partial charge in [0.15, 0.2) is 0 Å². The van der Waals surface area contributed by atoms with Gasteiger partial charge in [0.2, 0.25) is 0 Å². The SMILES string of the molecule is FP1PC1Cl. The summed E-state index contributed by atoms with van der Waals surface area (Å²) in [5, 5.41) is 0. The van der Waals surface area contributed by atoms with E-state index in [2.05, 4.69) is 0 Å². The lowest BCUT2D eigenvalue weighted by atomic mass is 11.9. The zero-order chi connectivity index (χ0) is 3.86. The van der Waals surface area contributed by atoms with Gasteiger partial charge in [0.05, 0.1) is 0 Å². The minimum Gasteiger partial charge on any atom is -0.220 e. The number of hydrogen-bond acceptors (Lipinski definition) is 0. The van der Waals surface area contributed by atoms with Crippen LogP contribution in [0.3, 0.4) is 0 Å². The van der Waals surface area contributed by atoms with Crippen LogP contribution in [-0.2, 0) is 0 Å². The van der Waals surface area contributed by atoms with Crippen molar-refractivity contribution in [3.8, 4) is 0 Å². The first kappa shape index (κ1) is 4.24. The van der Waals surface area contributed by atoms with Crippen LogP contribution in [0.4, 0.5) is 4.20 Å². The summed E-state index contributed by atoms with van der Waals surface area (Å²) < 4.78 is 11.4. The lowest BCUT2D eigenvalue weighted by molar-refractivity contribution is 0.921. The first-order valence-electron chi connectivity index (χ1n) is 1.16. The summed E-state index contributed by atoms with van der Waals surface area (Å²) in [5.41, 5.74) is 0. The van der Waals surface area contributed by atoms with Crippen LogP contribution in [0.15, 0.2) is 0 Å². The van der Waals surface area contributed by atoms with Crippen LogP contribution in [0.5, 0.6) is 0 Å². The van der Waals surface area contributed by atoms with Crippen LogP contribution in [0.25, 0.3) is 0 Å². The average molecular weight is 130 g/mol. The van der Waals surface area contributed by atoms with Gasteiger partial charge in [-0.1, -0.05) is 0 Å². The third-order valence-electron chi connectivity index (χ3n) is 0.361. The summed E-state index contributed by atoms with van der Waals surface area (Å²) in [5.74, 6) is 0. The van der Waals surface area contributed by atoms with Crippen molar-refractivity contribution in [1.29, 1.82) is 0 Å². The van der Waals surface area contributed by atoms with Gasteiger partial charge in [-0.25, -0.2) is 4.20 Å². The Balaban J connectivity index is 2.20. The molecule has 0 spiro atoms. The summed E-state index contributed by atoms with van der Waals surface area (Å²) in [6.07, 6.45) is 0. The molecular weight excluding hydrogens is 128 g/mol. The van der Waals surface area contributed by atoms with Crippen LogP contribution in [0.1, 0.15) is 0 Å². The summed E-state index contributed by atoms with van der Waals surface area (Å²) >= 11 is 5.20. The second-order valence-electron chi connectivity index (χ2n) is 0.776. The Hall–Kier alpha value is 1.08. The summed E-state index contributed by atoms with van der Waals surface area (Å²) in [6.45, 7) is 0. The van der Waals surface area contributed by atoms with Crippen LogP contribution in [0.2, 0.25) is 0 Å². The minimum atomic E-state index is -1.14. The Labute approximate surface area is 37.6 Å². The zero-order valence-electron chi connectivity index (χ0n) is 2.28. The Morgan fingerprint density at radius 3 is 2.20 bits per heavy atom. The maximum absolute atomic E-state index is 11.4. The van der Waals surface area contributed by atoms with E-state index >= 15 is 0 Å². The second-order valence-corrected chi connectivity index (χ2v) is 6.40. The molecule has 0 radical (unpaired) electrons. The third-order valence-corrected chi connectivity index (χ3v) is 5.01. The first-order chi connectivity index (χ1) is 2.30. The molecule has 0 aliphatic carbocycles. The number of alkyl halides is 1. The third kappa shape index (κ3) is 0.961. The highest BCUT2D eigenvalue weighted by Gasteiger charge is 2.35. The Morgan fingerprint density at radius 2 is 2.20 bits per heavy atom. The highest BCUT2D eigenvalue weighted by molar-refractivity contribution is 8.37. The molecule has 3 atom stereocenters. The van der Waals surface area contributed by atoms with Gasteiger partial charge in [-0.2, -0.15) is 0 Å². The smallest absolute Gasteiger partial charge is 0.126 e. The largest absolute Gasteiger partial charge is 0.220 e. The summed E-state index contributed by atoms with van der Waals surface area (Å²) in [7, 11) is -0.694. The molecule has 3 unspecified atom stereocenters. The fourth-order valence-electron chi connectivity index (χ4n) is 0.0684. The van der Waals surface area contributed by atoms with Gasteiger partial charge in [-0.3, -0.25) is 0 Å². The van der Waals surface area contributed by atoms with Crippen molar-refractivity contribution < 1.29 is 4.20 Å². The monoisotopic (exact) mass is 130 g/mol. The van der Waals surface area contributed by atoms with E-state index in [-0.39, 0.29) is 4.86 Å². The molecule has 1 aliphatic heterocycles. The second kappa shape index (κ2) is 1.30. The molecule has 1 heterocycles. The van der Waals surface area contributed by atoms with Gasteiger partial charge in [0.25, 0.3) is 0 Å². The van der Waals surface area contributed by atoms with Crippen molar-refractivity contribution in [2.75, 3.05) is 0 Å². The first-order valence-corrected chi connectivity index (χ1v) is 4.81. The molecule has 0 nitrogen and oxygen atoms in total. The van der Waals surface area contributed by atoms with E-state index in [4.69, 9.17) is 11.6 Å². The molecule has 0 amide bonds. The highest BCUT2D eigenvalue weighted by atomic mass is 35.5. The molecule has 1 fully saturated rings. The fraction of sp³-hybridized carbons (Fsp3) is 1.00. The van der Waals surface area contributed by atoms with E-state index in [1.165, 1.54) is 0 Å². The van der Waals surface area contributed by atoms with Crippen LogP contribution in [-0.4, -0.2) is 4.86 Å². The Bertz CT molecular complexity index is 42.9. The van der Waals surface area contributed by atoms with E-state index in [1.54, 1.807) is 0 Å². The van der Waals surface area contributed by atoms with Gasteiger partial charge in [0.1, 0.15) is 12.8 Å². The maximum atomic E-state index is 11.4. The number of rotatable bonds is 0. The van der Waals surface area contributed by atoms with Gasteiger partial charge in [-0.05, 0) is 8.27 Å².